The predicted molar refractivity (Wildman–Crippen MR) is 85.7 cm³/mol. The highest BCUT2D eigenvalue weighted by Gasteiger charge is 2.05. The van der Waals surface area contributed by atoms with E-state index in [1.165, 1.54) is 0 Å². The molecule has 1 aromatic carbocycles. The third-order valence-electron chi connectivity index (χ3n) is 3.09. The number of benzene rings is 1. The number of ether oxygens (including phenoxy) is 1. The number of nitrogens with two attached hydrogens (primary N) is 1. The summed E-state index contributed by atoms with van der Waals surface area (Å²) in [5, 5.41) is 0. The number of nitrogen functional groups attached to an aromatic ring is 1. The van der Waals surface area contributed by atoms with Gasteiger partial charge >= 0.3 is 0 Å². The largest absolute Gasteiger partial charge is 0.439 e. The number of hydrogen-bond donors (Lipinski definition) is 1. The minimum Gasteiger partial charge on any atom is -0.439 e. The zero-order chi connectivity index (χ0) is 15.5. The fraction of sp³-hybridized carbons (Fsp3) is 0.118. The average molecular weight is 292 g/mol. The number of rotatable bonds is 3. The Bertz CT molecular complexity index is 763. The van der Waals surface area contributed by atoms with E-state index in [0.29, 0.717) is 23.3 Å². The van der Waals surface area contributed by atoms with Gasteiger partial charge in [-0.15, -0.1) is 0 Å². The third kappa shape index (κ3) is 3.20. The van der Waals surface area contributed by atoms with E-state index in [9.17, 15) is 0 Å². The molecule has 0 aliphatic heterocycles. The van der Waals surface area contributed by atoms with Crippen molar-refractivity contribution in [3.05, 3.63) is 59.9 Å². The van der Waals surface area contributed by atoms with Crippen LogP contribution < -0.4 is 10.5 Å². The molecule has 5 heteroatoms. The molecule has 0 saturated heterocycles. The molecule has 0 aliphatic rings. The van der Waals surface area contributed by atoms with Crippen molar-refractivity contribution >= 4 is 5.82 Å². The monoisotopic (exact) mass is 292 g/mol. The van der Waals surface area contributed by atoms with Crippen LogP contribution in [-0.2, 0) is 0 Å². The Balaban J connectivity index is 1.81. The van der Waals surface area contributed by atoms with Gasteiger partial charge in [-0.2, -0.15) is 0 Å². The van der Waals surface area contributed by atoms with E-state index in [1.54, 1.807) is 12.3 Å². The summed E-state index contributed by atoms with van der Waals surface area (Å²) in [5.74, 6) is 2.35. The maximum atomic E-state index is 5.76. The molecule has 0 unspecified atom stereocenters. The van der Waals surface area contributed by atoms with Crippen LogP contribution in [0.3, 0.4) is 0 Å². The molecule has 2 aromatic heterocycles. The van der Waals surface area contributed by atoms with Crippen LogP contribution in [0.1, 0.15) is 11.3 Å². The van der Waals surface area contributed by atoms with Crippen molar-refractivity contribution < 1.29 is 4.74 Å². The van der Waals surface area contributed by atoms with E-state index < -0.39 is 0 Å². The second-order valence-electron chi connectivity index (χ2n) is 5.06. The van der Waals surface area contributed by atoms with E-state index in [-0.39, 0.29) is 0 Å². The van der Waals surface area contributed by atoms with Crippen LogP contribution in [0, 0.1) is 13.8 Å². The van der Waals surface area contributed by atoms with Crippen molar-refractivity contribution in [3.63, 3.8) is 0 Å². The Labute approximate surface area is 128 Å². The zero-order valence-electron chi connectivity index (χ0n) is 12.4. The lowest BCUT2D eigenvalue weighted by Crippen LogP contribution is -1.97. The van der Waals surface area contributed by atoms with Gasteiger partial charge in [-0.05, 0) is 43.7 Å². The smallest absolute Gasteiger partial charge is 0.219 e. The average Bonchev–Trinajstić information content (AvgIpc) is 2.49. The van der Waals surface area contributed by atoms with Gasteiger partial charge in [-0.3, -0.25) is 0 Å². The van der Waals surface area contributed by atoms with Gasteiger partial charge in [0.15, 0.2) is 5.82 Å². The number of anilines is 1. The van der Waals surface area contributed by atoms with Gasteiger partial charge < -0.3 is 10.5 Å². The first-order chi connectivity index (χ1) is 10.6. The van der Waals surface area contributed by atoms with Crippen LogP contribution in [0.4, 0.5) is 5.82 Å². The lowest BCUT2D eigenvalue weighted by molar-refractivity contribution is 0.463. The van der Waals surface area contributed by atoms with Crippen LogP contribution in [-0.4, -0.2) is 15.0 Å². The van der Waals surface area contributed by atoms with Gasteiger partial charge in [0.1, 0.15) is 11.6 Å². The van der Waals surface area contributed by atoms with E-state index in [0.717, 1.165) is 16.8 Å². The molecule has 3 rings (SSSR count). The van der Waals surface area contributed by atoms with Gasteiger partial charge in [0.2, 0.25) is 5.88 Å². The maximum Gasteiger partial charge on any atom is 0.219 e. The number of pyridine rings is 1. The Morgan fingerprint density at radius 3 is 2.36 bits per heavy atom. The van der Waals surface area contributed by atoms with Crippen molar-refractivity contribution in [2.75, 3.05) is 5.73 Å². The summed E-state index contributed by atoms with van der Waals surface area (Å²) in [4.78, 5) is 12.8. The highest BCUT2D eigenvalue weighted by Crippen LogP contribution is 2.23. The van der Waals surface area contributed by atoms with E-state index >= 15 is 0 Å². The molecule has 0 aliphatic carbocycles. The van der Waals surface area contributed by atoms with Gasteiger partial charge in [0.25, 0.3) is 0 Å². The molecule has 0 bridgehead atoms. The molecule has 0 radical (unpaired) electrons. The van der Waals surface area contributed by atoms with Gasteiger partial charge in [0, 0.05) is 29.6 Å². The Hall–Kier alpha value is -2.95. The summed E-state index contributed by atoms with van der Waals surface area (Å²) in [6.07, 6.45) is 1.77. The molecular formula is C17H16N4O. The maximum absolute atomic E-state index is 5.76. The first kappa shape index (κ1) is 14.0. The number of hydrogen-bond acceptors (Lipinski definition) is 5. The Morgan fingerprint density at radius 2 is 1.73 bits per heavy atom. The van der Waals surface area contributed by atoms with Gasteiger partial charge in [0.05, 0.1) is 0 Å². The van der Waals surface area contributed by atoms with Crippen molar-refractivity contribution in [1.29, 1.82) is 0 Å². The molecule has 110 valence electrons. The highest BCUT2D eigenvalue weighted by molar-refractivity contribution is 5.58. The molecule has 3 aromatic rings. The molecular weight excluding hydrogens is 276 g/mol. The SMILES string of the molecule is Cc1ccc(Oc2ccc(-c3nc(C)cc(N)n3)cc2)nc1. The molecule has 0 spiro atoms. The van der Waals surface area contributed by atoms with Crippen molar-refractivity contribution in [3.8, 4) is 23.0 Å². The minimum atomic E-state index is 0.465. The summed E-state index contributed by atoms with van der Waals surface area (Å²) in [6.45, 7) is 3.88. The molecule has 22 heavy (non-hydrogen) atoms. The quantitative estimate of drug-likeness (QED) is 0.799. The minimum absolute atomic E-state index is 0.465. The normalized spacial score (nSPS) is 10.5. The summed E-state index contributed by atoms with van der Waals surface area (Å²) in [7, 11) is 0. The fourth-order valence-corrected chi connectivity index (χ4v) is 2.03. The van der Waals surface area contributed by atoms with E-state index in [1.807, 2.05) is 50.2 Å². The van der Waals surface area contributed by atoms with E-state index in [2.05, 4.69) is 15.0 Å². The van der Waals surface area contributed by atoms with Crippen LogP contribution in [0.15, 0.2) is 48.7 Å². The number of aromatic nitrogens is 3. The van der Waals surface area contributed by atoms with Gasteiger partial charge in [-0.25, -0.2) is 15.0 Å². The summed E-state index contributed by atoms with van der Waals surface area (Å²) in [6, 6.07) is 13.1. The predicted octanol–water partition coefficient (Wildman–Crippen LogP) is 3.53. The molecule has 5 nitrogen and oxygen atoms in total. The topological polar surface area (TPSA) is 73.9 Å². The van der Waals surface area contributed by atoms with Gasteiger partial charge in [-0.1, -0.05) is 6.07 Å². The van der Waals surface area contributed by atoms with Crippen LogP contribution in [0.25, 0.3) is 11.4 Å². The lowest BCUT2D eigenvalue weighted by atomic mass is 10.2. The van der Waals surface area contributed by atoms with E-state index in [4.69, 9.17) is 10.5 Å². The third-order valence-corrected chi connectivity index (χ3v) is 3.09. The zero-order valence-corrected chi connectivity index (χ0v) is 12.4. The van der Waals surface area contributed by atoms with Crippen molar-refractivity contribution in [2.45, 2.75) is 13.8 Å². The summed E-state index contributed by atoms with van der Waals surface area (Å²) >= 11 is 0. The van der Waals surface area contributed by atoms with Crippen molar-refractivity contribution in [1.82, 2.24) is 15.0 Å². The standard InChI is InChI=1S/C17H16N4O/c1-11-3-8-16(19-10-11)22-14-6-4-13(5-7-14)17-20-12(2)9-15(18)21-17/h3-10H,1-2H3,(H2,18,20,21). The molecule has 0 atom stereocenters. The second-order valence-corrected chi connectivity index (χ2v) is 5.06. The summed E-state index contributed by atoms with van der Waals surface area (Å²) in [5.41, 5.74) is 8.58. The van der Waals surface area contributed by atoms with Crippen LogP contribution >= 0.6 is 0 Å². The Morgan fingerprint density at radius 1 is 0.955 bits per heavy atom. The summed E-state index contributed by atoms with van der Waals surface area (Å²) < 4.78 is 5.70. The highest BCUT2D eigenvalue weighted by atomic mass is 16.5. The Kier molecular flexibility index (Phi) is 3.70. The molecule has 0 saturated carbocycles. The second kappa shape index (κ2) is 5.81. The lowest BCUT2D eigenvalue weighted by Gasteiger charge is -2.06. The molecule has 0 fully saturated rings. The first-order valence-electron chi connectivity index (χ1n) is 6.92. The fourth-order valence-electron chi connectivity index (χ4n) is 2.03. The molecule has 2 N–H and O–H groups in total. The van der Waals surface area contributed by atoms with Crippen molar-refractivity contribution in [2.24, 2.45) is 0 Å². The molecule has 2 heterocycles. The molecule has 0 amide bonds. The number of aryl methyl sites for hydroxylation is 2. The van der Waals surface area contributed by atoms with Crippen LogP contribution in [0.2, 0.25) is 0 Å². The van der Waals surface area contributed by atoms with Crippen LogP contribution in [0.5, 0.6) is 11.6 Å². The number of nitrogens with zero attached hydrogens (tertiary/aromatic N) is 3. The first-order valence-corrected chi connectivity index (χ1v) is 6.92.